The van der Waals surface area contributed by atoms with Crippen LogP contribution < -0.4 is 14.5 Å². The summed E-state index contributed by atoms with van der Waals surface area (Å²) in [5.41, 5.74) is 5.17. The van der Waals surface area contributed by atoms with Gasteiger partial charge < -0.3 is 13.9 Å². The number of ether oxygens (including phenoxy) is 1. The molecule has 158 valence electrons. The van der Waals surface area contributed by atoms with Gasteiger partial charge in [-0.05, 0) is 62.8 Å². The van der Waals surface area contributed by atoms with Gasteiger partial charge in [-0.1, -0.05) is 48.5 Å². The molecule has 0 bridgehead atoms. The van der Waals surface area contributed by atoms with Crippen molar-refractivity contribution < 1.29 is 9.94 Å². The van der Waals surface area contributed by atoms with Crippen molar-refractivity contribution in [3.8, 4) is 5.75 Å². The molecule has 0 heterocycles. The average Bonchev–Trinajstić information content (AvgIpc) is 2.78. The van der Waals surface area contributed by atoms with Gasteiger partial charge in [-0.25, -0.2) is 0 Å². The highest BCUT2D eigenvalue weighted by Gasteiger charge is 2.14. The molecule has 6 heteroatoms. The van der Waals surface area contributed by atoms with E-state index < -0.39 is 0 Å². The van der Waals surface area contributed by atoms with E-state index >= 15 is 0 Å². The number of para-hydroxylation sites is 3. The van der Waals surface area contributed by atoms with Crippen LogP contribution in [0, 0.1) is 0 Å². The molecule has 0 aliphatic rings. The molecular formula is C24H29N3O2S. The fourth-order valence-electron chi connectivity index (χ4n) is 3.02. The third-order valence-corrected chi connectivity index (χ3v) is 5.67. The highest BCUT2D eigenvalue weighted by Crippen LogP contribution is 2.35. The van der Waals surface area contributed by atoms with Crippen LogP contribution in [0.3, 0.4) is 0 Å². The fourth-order valence-corrected chi connectivity index (χ4v) is 4.04. The lowest BCUT2D eigenvalue weighted by atomic mass is 10.2. The van der Waals surface area contributed by atoms with Gasteiger partial charge in [0.2, 0.25) is 0 Å². The molecule has 0 atom stereocenters. The molecule has 0 spiro atoms. The van der Waals surface area contributed by atoms with Gasteiger partial charge in [0, 0.05) is 17.8 Å². The zero-order chi connectivity index (χ0) is 21.2. The Bertz CT molecular complexity index is 906. The van der Waals surface area contributed by atoms with E-state index in [1.807, 2.05) is 60.7 Å². The van der Waals surface area contributed by atoms with Crippen molar-refractivity contribution in [1.82, 2.24) is 4.90 Å². The molecule has 0 aliphatic heterocycles. The number of nitrogens with one attached hydrogen (secondary N) is 1. The Balaban J connectivity index is 1.80. The van der Waals surface area contributed by atoms with Crippen molar-refractivity contribution in [3.05, 3.63) is 84.4 Å². The maximum atomic E-state index is 9.49. The van der Waals surface area contributed by atoms with Crippen LogP contribution in [0.2, 0.25) is 0 Å². The van der Waals surface area contributed by atoms with Gasteiger partial charge in [0.05, 0.1) is 23.7 Å². The van der Waals surface area contributed by atoms with Gasteiger partial charge in [0.15, 0.2) is 0 Å². The molecule has 30 heavy (non-hydrogen) atoms. The molecule has 2 N–H and O–H groups in total. The monoisotopic (exact) mass is 423 g/mol. The number of anilines is 2. The number of nitrogens with zero attached hydrogens (tertiary/aromatic N) is 2. The maximum Gasteiger partial charge on any atom is 0.124 e. The second-order valence-electron chi connectivity index (χ2n) is 7.18. The first-order valence-corrected chi connectivity index (χ1v) is 10.8. The number of rotatable bonds is 11. The molecule has 0 aromatic heterocycles. The summed E-state index contributed by atoms with van der Waals surface area (Å²) in [6.07, 6.45) is 0.980. The van der Waals surface area contributed by atoms with Gasteiger partial charge in [0.25, 0.3) is 0 Å². The van der Waals surface area contributed by atoms with Crippen molar-refractivity contribution in [2.75, 3.05) is 37.0 Å². The first-order valence-electron chi connectivity index (χ1n) is 10.0. The van der Waals surface area contributed by atoms with Crippen LogP contribution in [0.15, 0.2) is 83.8 Å². The Morgan fingerprint density at radius 3 is 2.37 bits per heavy atom. The minimum absolute atomic E-state index is 0.665. The van der Waals surface area contributed by atoms with E-state index in [1.54, 1.807) is 11.9 Å². The summed E-state index contributed by atoms with van der Waals surface area (Å²) in [6, 6.07) is 26.1. The zero-order valence-electron chi connectivity index (χ0n) is 17.5. The van der Waals surface area contributed by atoms with E-state index in [-0.39, 0.29) is 0 Å². The van der Waals surface area contributed by atoms with Crippen molar-refractivity contribution >= 4 is 23.3 Å². The summed E-state index contributed by atoms with van der Waals surface area (Å²) < 4.78 is 8.31. The molecule has 0 saturated carbocycles. The first kappa shape index (κ1) is 22.0. The van der Waals surface area contributed by atoms with E-state index in [4.69, 9.17) is 4.74 Å². The fraction of sp³-hybridized carbons (Fsp3) is 0.250. The Labute approximate surface area is 183 Å². The Hall–Kier alpha value is -2.67. The summed E-state index contributed by atoms with van der Waals surface area (Å²) in [5.74, 6) is 0.909. The number of hydrogen-bond acceptors (Lipinski definition) is 6. The van der Waals surface area contributed by atoms with Gasteiger partial charge >= 0.3 is 0 Å². The lowest BCUT2D eigenvalue weighted by Crippen LogP contribution is -2.17. The Morgan fingerprint density at radius 1 is 0.900 bits per heavy atom. The number of benzene rings is 3. The summed E-state index contributed by atoms with van der Waals surface area (Å²) in [5, 5.41) is 9.49. The maximum absolute atomic E-state index is 9.49. The van der Waals surface area contributed by atoms with Gasteiger partial charge in [-0.3, -0.25) is 10.7 Å². The summed E-state index contributed by atoms with van der Waals surface area (Å²) >= 11 is 1.58. The average molecular weight is 424 g/mol. The molecule has 3 aromatic rings. The normalized spacial score (nSPS) is 10.8. The summed E-state index contributed by atoms with van der Waals surface area (Å²) in [4.78, 5) is 3.10. The standard InChI is InChI=1S/C24H29N3O2S/c1-26(2)17-10-18-29-23-15-8-6-11-20(23)19-27(21-12-4-3-5-13-21)30-24-16-9-7-14-22(24)25-28/h3-9,11-16,25,28H,10,17-19H2,1-2H3. The molecule has 0 fully saturated rings. The molecule has 0 aliphatic carbocycles. The molecular weight excluding hydrogens is 394 g/mol. The van der Waals surface area contributed by atoms with Crippen molar-refractivity contribution in [2.24, 2.45) is 0 Å². The van der Waals surface area contributed by atoms with Crippen molar-refractivity contribution in [1.29, 1.82) is 0 Å². The summed E-state index contributed by atoms with van der Waals surface area (Å²) in [6.45, 7) is 2.35. The smallest absolute Gasteiger partial charge is 0.124 e. The van der Waals surface area contributed by atoms with Gasteiger partial charge in [-0.2, -0.15) is 0 Å². The quantitative estimate of drug-likeness (QED) is 0.240. The molecule has 0 saturated heterocycles. The SMILES string of the molecule is CN(C)CCCOc1ccccc1CN(Sc1ccccc1NO)c1ccccc1. The Kier molecular flexibility index (Phi) is 8.44. The van der Waals surface area contributed by atoms with Crippen LogP contribution in [0.5, 0.6) is 5.75 Å². The molecule has 0 amide bonds. The molecule has 5 nitrogen and oxygen atoms in total. The van der Waals surface area contributed by atoms with Crippen molar-refractivity contribution in [3.63, 3.8) is 0 Å². The summed E-state index contributed by atoms with van der Waals surface area (Å²) in [7, 11) is 4.14. The molecule has 0 unspecified atom stereocenters. The second-order valence-corrected chi connectivity index (χ2v) is 8.25. The minimum Gasteiger partial charge on any atom is -0.493 e. The van der Waals surface area contributed by atoms with Crippen molar-refractivity contribution in [2.45, 2.75) is 17.9 Å². The first-order chi connectivity index (χ1) is 14.7. The number of hydrogen-bond donors (Lipinski definition) is 2. The lowest BCUT2D eigenvalue weighted by Gasteiger charge is -2.25. The van der Waals surface area contributed by atoms with E-state index in [2.05, 4.69) is 47.0 Å². The van der Waals surface area contributed by atoms with Crippen LogP contribution in [-0.4, -0.2) is 37.4 Å². The zero-order valence-corrected chi connectivity index (χ0v) is 18.3. The highest BCUT2D eigenvalue weighted by atomic mass is 32.2. The molecule has 3 aromatic carbocycles. The topological polar surface area (TPSA) is 48.0 Å². The third kappa shape index (κ3) is 6.42. The third-order valence-electron chi connectivity index (χ3n) is 4.55. The van der Waals surface area contributed by atoms with Crippen LogP contribution in [0.25, 0.3) is 0 Å². The van der Waals surface area contributed by atoms with Crippen LogP contribution in [0.4, 0.5) is 11.4 Å². The van der Waals surface area contributed by atoms with Crippen LogP contribution in [0.1, 0.15) is 12.0 Å². The van der Waals surface area contributed by atoms with Gasteiger partial charge in [-0.15, -0.1) is 0 Å². The largest absolute Gasteiger partial charge is 0.493 e. The van der Waals surface area contributed by atoms with Gasteiger partial charge in [0.1, 0.15) is 5.75 Å². The van der Waals surface area contributed by atoms with E-state index in [9.17, 15) is 5.21 Å². The van der Waals surface area contributed by atoms with Crippen LogP contribution in [-0.2, 0) is 6.54 Å². The predicted molar refractivity (Wildman–Crippen MR) is 125 cm³/mol. The van der Waals surface area contributed by atoms with Crippen LogP contribution >= 0.6 is 11.9 Å². The predicted octanol–water partition coefficient (Wildman–Crippen LogP) is 5.53. The van der Waals surface area contributed by atoms with E-state index in [1.165, 1.54) is 0 Å². The van der Waals surface area contributed by atoms with E-state index in [0.717, 1.165) is 34.9 Å². The van der Waals surface area contributed by atoms with E-state index in [0.29, 0.717) is 18.8 Å². The Morgan fingerprint density at radius 2 is 1.60 bits per heavy atom. The molecule has 3 rings (SSSR count). The highest BCUT2D eigenvalue weighted by molar-refractivity contribution is 8.00. The lowest BCUT2D eigenvalue weighted by molar-refractivity contribution is 0.279. The minimum atomic E-state index is 0.665. The second kappa shape index (κ2) is 11.5. The molecule has 0 radical (unpaired) electrons.